The van der Waals surface area contributed by atoms with Gasteiger partial charge in [0, 0.05) is 9.60 Å². The van der Waals surface area contributed by atoms with Crippen LogP contribution in [0.5, 0.6) is 5.06 Å². The minimum atomic E-state index is 0.0187. The number of fused-ring (bicyclic) bond motifs is 1. The summed E-state index contributed by atoms with van der Waals surface area (Å²) in [6.45, 7) is 0.0187. The van der Waals surface area contributed by atoms with E-state index in [1.54, 1.807) is 17.8 Å². The largest absolute Gasteiger partial charge is 0.499 e. The molecule has 0 saturated heterocycles. The zero-order valence-corrected chi connectivity index (χ0v) is 9.28. The molecule has 0 aliphatic carbocycles. The second-order valence-corrected chi connectivity index (χ2v) is 4.86. The van der Waals surface area contributed by atoms with Gasteiger partial charge in [-0.15, -0.1) is 11.8 Å². The zero-order valence-electron chi connectivity index (χ0n) is 7.65. The summed E-state index contributed by atoms with van der Waals surface area (Å²) >= 11 is 2.94. The monoisotopic (exact) mass is 226 g/mol. The number of hydrogen-bond acceptors (Lipinski definition) is 4. The maximum atomic E-state index is 9.37. The average Bonchev–Trinajstić information content (AvgIpc) is 2.56. The van der Waals surface area contributed by atoms with Crippen LogP contribution in [-0.2, 0) is 6.61 Å². The standard InChI is InChI=1S/C10H10O2S2/c1-13-8-2-6-4-9(12)14-10(6)7(3-8)5-11/h2-4,11-12H,5H2,1H3. The molecule has 74 valence electrons. The van der Waals surface area contributed by atoms with Gasteiger partial charge in [-0.2, -0.15) is 0 Å². The van der Waals surface area contributed by atoms with Gasteiger partial charge in [0.15, 0.2) is 5.06 Å². The fourth-order valence-corrected chi connectivity index (χ4v) is 2.81. The van der Waals surface area contributed by atoms with Crippen LogP contribution in [0.25, 0.3) is 10.1 Å². The van der Waals surface area contributed by atoms with E-state index < -0.39 is 0 Å². The van der Waals surface area contributed by atoms with Crippen molar-refractivity contribution in [2.24, 2.45) is 0 Å². The van der Waals surface area contributed by atoms with Crippen LogP contribution in [0.1, 0.15) is 5.56 Å². The molecule has 4 heteroatoms. The summed E-state index contributed by atoms with van der Waals surface area (Å²) in [6, 6.07) is 5.72. The Balaban J connectivity index is 2.72. The summed E-state index contributed by atoms with van der Waals surface area (Å²) in [5.41, 5.74) is 0.886. The highest BCUT2D eigenvalue weighted by Crippen LogP contribution is 2.35. The maximum absolute atomic E-state index is 9.37. The third-order valence-electron chi connectivity index (χ3n) is 2.06. The van der Waals surface area contributed by atoms with Crippen LogP contribution in [0.2, 0.25) is 0 Å². The Hall–Kier alpha value is -0.710. The number of hydrogen-bond donors (Lipinski definition) is 2. The van der Waals surface area contributed by atoms with E-state index >= 15 is 0 Å². The summed E-state index contributed by atoms with van der Waals surface area (Å²) in [6.07, 6.45) is 1.99. The third kappa shape index (κ3) is 1.61. The van der Waals surface area contributed by atoms with Gasteiger partial charge in [0.05, 0.1) is 6.61 Å². The lowest BCUT2D eigenvalue weighted by molar-refractivity contribution is 0.283. The van der Waals surface area contributed by atoms with Crippen LogP contribution in [0.3, 0.4) is 0 Å². The molecular weight excluding hydrogens is 216 g/mol. The molecule has 2 N–H and O–H groups in total. The Bertz CT molecular complexity index is 462. The lowest BCUT2D eigenvalue weighted by atomic mass is 10.2. The van der Waals surface area contributed by atoms with Crippen molar-refractivity contribution in [2.45, 2.75) is 11.5 Å². The van der Waals surface area contributed by atoms with Crippen LogP contribution in [0.4, 0.5) is 0 Å². The smallest absolute Gasteiger partial charge is 0.172 e. The molecule has 0 unspecified atom stereocenters. The highest BCUT2D eigenvalue weighted by molar-refractivity contribution is 7.98. The Morgan fingerprint density at radius 3 is 2.79 bits per heavy atom. The number of benzene rings is 1. The topological polar surface area (TPSA) is 40.5 Å². The molecule has 2 aromatic rings. The van der Waals surface area contributed by atoms with Gasteiger partial charge >= 0.3 is 0 Å². The number of thiophene rings is 1. The van der Waals surface area contributed by atoms with Crippen LogP contribution < -0.4 is 0 Å². The number of thioether (sulfide) groups is 1. The van der Waals surface area contributed by atoms with Crippen LogP contribution in [-0.4, -0.2) is 16.5 Å². The van der Waals surface area contributed by atoms with E-state index in [4.69, 9.17) is 0 Å². The SMILES string of the molecule is CSc1cc(CO)c2sc(O)cc2c1. The number of aliphatic hydroxyl groups is 1. The maximum Gasteiger partial charge on any atom is 0.172 e. The molecule has 0 bridgehead atoms. The molecule has 0 atom stereocenters. The highest BCUT2D eigenvalue weighted by atomic mass is 32.2. The molecule has 0 saturated carbocycles. The van der Waals surface area contributed by atoms with E-state index in [1.807, 2.05) is 18.4 Å². The molecule has 0 amide bonds. The normalized spacial score (nSPS) is 11.0. The van der Waals surface area contributed by atoms with Gasteiger partial charge in [-0.25, -0.2) is 0 Å². The van der Waals surface area contributed by atoms with E-state index in [0.717, 1.165) is 20.5 Å². The molecule has 0 fully saturated rings. The Kier molecular flexibility index (Phi) is 2.67. The minimum Gasteiger partial charge on any atom is -0.499 e. The van der Waals surface area contributed by atoms with E-state index in [-0.39, 0.29) is 6.61 Å². The molecule has 0 aliphatic rings. The second kappa shape index (κ2) is 3.81. The lowest BCUT2D eigenvalue weighted by Gasteiger charge is -2.01. The van der Waals surface area contributed by atoms with E-state index in [0.29, 0.717) is 5.06 Å². The molecule has 0 aliphatic heterocycles. The van der Waals surface area contributed by atoms with Crippen molar-refractivity contribution in [3.05, 3.63) is 23.8 Å². The number of aromatic hydroxyl groups is 1. The van der Waals surface area contributed by atoms with Gasteiger partial charge in [0.25, 0.3) is 0 Å². The van der Waals surface area contributed by atoms with Crippen molar-refractivity contribution in [1.82, 2.24) is 0 Å². The Morgan fingerprint density at radius 2 is 2.14 bits per heavy atom. The first-order valence-electron chi connectivity index (χ1n) is 4.15. The molecule has 0 spiro atoms. The van der Waals surface area contributed by atoms with E-state index in [1.165, 1.54) is 11.3 Å². The van der Waals surface area contributed by atoms with Crippen molar-refractivity contribution in [3.63, 3.8) is 0 Å². The van der Waals surface area contributed by atoms with Crippen molar-refractivity contribution in [2.75, 3.05) is 6.26 Å². The van der Waals surface area contributed by atoms with E-state index in [2.05, 4.69) is 0 Å². The van der Waals surface area contributed by atoms with Gasteiger partial charge in [-0.05, 0) is 35.4 Å². The molecule has 2 nitrogen and oxygen atoms in total. The van der Waals surface area contributed by atoms with Gasteiger partial charge in [-0.1, -0.05) is 11.3 Å². The van der Waals surface area contributed by atoms with Crippen molar-refractivity contribution >= 4 is 33.2 Å². The summed E-state index contributed by atoms with van der Waals surface area (Å²) in [5.74, 6) is 0. The first-order chi connectivity index (χ1) is 6.74. The van der Waals surface area contributed by atoms with Crippen molar-refractivity contribution < 1.29 is 10.2 Å². The Labute approximate surface area is 90.2 Å². The van der Waals surface area contributed by atoms with Crippen LogP contribution in [0, 0.1) is 0 Å². The summed E-state index contributed by atoms with van der Waals surface area (Å²) < 4.78 is 0.975. The fourth-order valence-electron chi connectivity index (χ4n) is 1.42. The van der Waals surface area contributed by atoms with Crippen LogP contribution >= 0.6 is 23.1 Å². The first kappa shape index (κ1) is 9.83. The number of rotatable bonds is 2. The fraction of sp³-hybridized carbons (Fsp3) is 0.200. The zero-order chi connectivity index (χ0) is 10.1. The van der Waals surface area contributed by atoms with Gasteiger partial charge in [0.2, 0.25) is 0 Å². The molecule has 14 heavy (non-hydrogen) atoms. The van der Waals surface area contributed by atoms with E-state index in [9.17, 15) is 10.2 Å². The summed E-state index contributed by atoms with van der Waals surface area (Å²) in [5, 5.41) is 19.9. The van der Waals surface area contributed by atoms with Crippen LogP contribution in [0.15, 0.2) is 23.1 Å². The first-order valence-corrected chi connectivity index (χ1v) is 6.19. The third-order valence-corrected chi connectivity index (χ3v) is 3.80. The molecule has 1 heterocycles. The molecular formula is C10H10O2S2. The minimum absolute atomic E-state index is 0.0187. The summed E-state index contributed by atoms with van der Waals surface area (Å²) in [7, 11) is 0. The van der Waals surface area contributed by atoms with Gasteiger partial charge in [0.1, 0.15) is 0 Å². The molecule has 1 aromatic carbocycles. The predicted molar refractivity (Wildman–Crippen MR) is 61.2 cm³/mol. The quantitative estimate of drug-likeness (QED) is 0.774. The van der Waals surface area contributed by atoms with Gasteiger partial charge < -0.3 is 10.2 Å². The Morgan fingerprint density at radius 1 is 1.36 bits per heavy atom. The summed E-state index contributed by atoms with van der Waals surface area (Å²) in [4.78, 5) is 1.11. The average molecular weight is 226 g/mol. The lowest BCUT2D eigenvalue weighted by Crippen LogP contribution is -1.83. The number of aliphatic hydroxyl groups excluding tert-OH is 1. The van der Waals surface area contributed by atoms with Crippen molar-refractivity contribution in [1.29, 1.82) is 0 Å². The van der Waals surface area contributed by atoms with Gasteiger partial charge in [-0.3, -0.25) is 0 Å². The molecule has 1 aromatic heterocycles. The molecule has 0 radical (unpaired) electrons. The predicted octanol–water partition coefficient (Wildman–Crippen LogP) is 2.82. The second-order valence-electron chi connectivity index (χ2n) is 2.95. The molecule has 2 rings (SSSR count). The van der Waals surface area contributed by atoms with Crippen molar-refractivity contribution in [3.8, 4) is 5.06 Å². The highest BCUT2D eigenvalue weighted by Gasteiger charge is 2.07.